The summed E-state index contributed by atoms with van der Waals surface area (Å²) >= 11 is 5.90. The summed E-state index contributed by atoms with van der Waals surface area (Å²) in [7, 11) is -3.92. The molecule has 6 nitrogen and oxygen atoms in total. The van der Waals surface area contributed by atoms with Crippen LogP contribution in [0.3, 0.4) is 0 Å². The minimum Gasteiger partial charge on any atom is -0.362 e. The maximum Gasteiger partial charge on any atom is 0.258 e. The van der Waals surface area contributed by atoms with Crippen LogP contribution in [-0.2, 0) is 21.2 Å². The Kier molecular flexibility index (Phi) is 5.27. The number of aryl methyl sites for hydroxylation is 1. The molecule has 2 aromatic rings. The highest BCUT2D eigenvalue weighted by molar-refractivity contribution is 7.89. The molecule has 3 rings (SSSR count). The van der Waals surface area contributed by atoms with Gasteiger partial charge < -0.3 is 4.90 Å². The Balaban J connectivity index is 1.64. The van der Waals surface area contributed by atoms with Gasteiger partial charge in [0, 0.05) is 12.2 Å². The molecule has 1 heterocycles. The number of carbonyl (C=O) groups is 1. The van der Waals surface area contributed by atoms with Crippen molar-refractivity contribution in [2.75, 3.05) is 18.0 Å². The number of para-hydroxylation sites is 1. The molecule has 0 atom stereocenters. The van der Waals surface area contributed by atoms with Crippen LogP contribution in [0.15, 0.2) is 53.4 Å². The van der Waals surface area contributed by atoms with Crippen LogP contribution in [0.1, 0.15) is 12.0 Å². The van der Waals surface area contributed by atoms with Crippen molar-refractivity contribution in [3.05, 3.63) is 59.1 Å². The summed E-state index contributed by atoms with van der Waals surface area (Å²) in [5, 5.41) is 0.0919. The molecular weight excluding hydrogens is 362 g/mol. The fraction of sp³-hybridized carbons (Fsp3) is 0.235. The summed E-state index contributed by atoms with van der Waals surface area (Å²) in [5.74, 6) is -0.438. The molecule has 1 aliphatic heterocycles. The highest BCUT2D eigenvalue weighted by atomic mass is 35.5. The molecule has 0 fully saturated rings. The first-order valence-electron chi connectivity index (χ1n) is 7.85. The van der Waals surface area contributed by atoms with Gasteiger partial charge in [-0.1, -0.05) is 41.9 Å². The predicted molar refractivity (Wildman–Crippen MR) is 96.9 cm³/mol. The number of fused-ring (bicyclic) bond motifs is 1. The van der Waals surface area contributed by atoms with Gasteiger partial charge in [-0.2, -0.15) is 0 Å². The number of hydrazine groups is 1. The fourth-order valence-corrected chi connectivity index (χ4v) is 4.21. The van der Waals surface area contributed by atoms with E-state index in [9.17, 15) is 13.2 Å². The zero-order chi connectivity index (χ0) is 17.9. The minimum atomic E-state index is -3.92. The van der Waals surface area contributed by atoms with E-state index in [2.05, 4.69) is 10.3 Å². The van der Waals surface area contributed by atoms with E-state index in [4.69, 9.17) is 11.6 Å². The Morgan fingerprint density at radius 1 is 1.12 bits per heavy atom. The standard InChI is InChI=1S/C17H18ClN3O3S/c18-14-8-2-4-10-16(14)25(23,24)20-19-17(22)12-21-11-5-7-13-6-1-3-9-15(13)21/h1-4,6,8-10,20H,5,7,11-12H2,(H,19,22). The summed E-state index contributed by atoms with van der Waals surface area (Å²) in [5.41, 5.74) is 4.45. The van der Waals surface area contributed by atoms with E-state index in [0.717, 1.165) is 25.1 Å². The second-order valence-electron chi connectivity index (χ2n) is 5.74. The first kappa shape index (κ1) is 17.7. The number of sulfonamides is 1. The van der Waals surface area contributed by atoms with Crippen LogP contribution in [0.25, 0.3) is 0 Å². The maximum absolute atomic E-state index is 12.2. The second-order valence-corrected chi connectivity index (χ2v) is 7.80. The smallest absolute Gasteiger partial charge is 0.258 e. The van der Waals surface area contributed by atoms with E-state index in [1.54, 1.807) is 12.1 Å². The van der Waals surface area contributed by atoms with Crippen molar-refractivity contribution in [1.82, 2.24) is 10.3 Å². The van der Waals surface area contributed by atoms with Crippen molar-refractivity contribution in [2.45, 2.75) is 17.7 Å². The zero-order valence-electron chi connectivity index (χ0n) is 13.4. The molecule has 2 aromatic carbocycles. The number of benzene rings is 2. The summed E-state index contributed by atoms with van der Waals surface area (Å²) in [6.07, 6.45) is 1.93. The van der Waals surface area contributed by atoms with E-state index in [1.807, 2.05) is 29.2 Å². The highest BCUT2D eigenvalue weighted by Gasteiger charge is 2.21. The molecule has 132 valence electrons. The molecule has 0 saturated carbocycles. The van der Waals surface area contributed by atoms with Gasteiger partial charge in [-0.15, -0.1) is 4.83 Å². The molecular formula is C17H18ClN3O3S. The molecule has 2 N–H and O–H groups in total. The van der Waals surface area contributed by atoms with Crippen molar-refractivity contribution >= 4 is 33.2 Å². The highest BCUT2D eigenvalue weighted by Crippen LogP contribution is 2.26. The molecule has 1 aliphatic rings. The lowest BCUT2D eigenvalue weighted by Crippen LogP contribution is -2.47. The fourth-order valence-electron chi connectivity index (χ4n) is 2.83. The van der Waals surface area contributed by atoms with E-state index in [1.165, 1.54) is 17.7 Å². The Bertz CT molecular complexity index is 886. The van der Waals surface area contributed by atoms with Crippen LogP contribution in [0.5, 0.6) is 0 Å². The molecule has 0 aliphatic carbocycles. The largest absolute Gasteiger partial charge is 0.362 e. The third-order valence-electron chi connectivity index (χ3n) is 3.99. The second kappa shape index (κ2) is 7.43. The first-order valence-corrected chi connectivity index (χ1v) is 9.71. The third kappa shape index (κ3) is 4.12. The normalized spacial score (nSPS) is 14.0. The van der Waals surface area contributed by atoms with E-state index >= 15 is 0 Å². The Hall–Kier alpha value is -2.09. The Morgan fingerprint density at radius 3 is 2.64 bits per heavy atom. The van der Waals surface area contributed by atoms with Crippen LogP contribution in [0.2, 0.25) is 5.02 Å². The number of carbonyl (C=O) groups excluding carboxylic acids is 1. The van der Waals surface area contributed by atoms with Crippen molar-refractivity contribution in [2.24, 2.45) is 0 Å². The summed E-state index contributed by atoms with van der Waals surface area (Å²) < 4.78 is 24.4. The van der Waals surface area contributed by atoms with Gasteiger partial charge in [0.1, 0.15) is 4.90 Å². The molecule has 0 unspecified atom stereocenters. The number of rotatable bonds is 5. The SMILES string of the molecule is O=C(CN1CCCc2ccccc21)NNS(=O)(=O)c1ccccc1Cl. The number of nitrogens with one attached hydrogen (secondary N) is 2. The van der Waals surface area contributed by atoms with Crippen LogP contribution in [-0.4, -0.2) is 27.4 Å². The van der Waals surface area contributed by atoms with Crippen molar-refractivity contribution in [3.63, 3.8) is 0 Å². The van der Waals surface area contributed by atoms with Gasteiger partial charge in [-0.05, 0) is 36.6 Å². The average Bonchev–Trinajstić information content (AvgIpc) is 2.61. The maximum atomic E-state index is 12.2. The van der Waals surface area contributed by atoms with Crippen LogP contribution in [0, 0.1) is 0 Å². The molecule has 25 heavy (non-hydrogen) atoms. The number of anilines is 1. The third-order valence-corrected chi connectivity index (χ3v) is 5.74. The lowest BCUT2D eigenvalue weighted by molar-refractivity contribution is -0.120. The van der Waals surface area contributed by atoms with Gasteiger partial charge in [0.25, 0.3) is 15.9 Å². The summed E-state index contributed by atoms with van der Waals surface area (Å²) in [6, 6.07) is 13.9. The van der Waals surface area contributed by atoms with Gasteiger partial charge in [-0.25, -0.2) is 8.42 Å². The van der Waals surface area contributed by atoms with Crippen molar-refractivity contribution < 1.29 is 13.2 Å². The van der Waals surface area contributed by atoms with Gasteiger partial charge in [-0.3, -0.25) is 10.2 Å². The van der Waals surface area contributed by atoms with Gasteiger partial charge in [0.2, 0.25) is 0 Å². The number of nitrogens with zero attached hydrogens (tertiary/aromatic N) is 1. The first-order chi connectivity index (χ1) is 12.0. The van der Waals surface area contributed by atoms with Crippen LogP contribution in [0.4, 0.5) is 5.69 Å². The quantitative estimate of drug-likeness (QED) is 0.780. The lowest BCUT2D eigenvalue weighted by Gasteiger charge is -2.30. The topological polar surface area (TPSA) is 78.5 Å². The summed E-state index contributed by atoms with van der Waals surface area (Å²) in [6.45, 7) is 0.823. The number of amides is 1. The van der Waals surface area contributed by atoms with Gasteiger partial charge in [0.15, 0.2) is 0 Å². The number of hydrogen-bond donors (Lipinski definition) is 2. The van der Waals surface area contributed by atoms with Gasteiger partial charge >= 0.3 is 0 Å². The number of hydrogen-bond acceptors (Lipinski definition) is 4. The van der Waals surface area contributed by atoms with E-state index in [0.29, 0.717) is 0 Å². The predicted octanol–water partition coefficient (Wildman–Crippen LogP) is 2.10. The molecule has 0 radical (unpaired) electrons. The molecule has 0 aromatic heterocycles. The molecule has 0 spiro atoms. The molecule has 0 bridgehead atoms. The van der Waals surface area contributed by atoms with Crippen LogP contribution < -0.4 is 15.2 Å². The Labute approximate surface area is 151 Å². The van der Waals surface area contributed by atoms with E-state index in [-0.39, 0.29) is 16.5 Å². The van der Waals surface area contributed by atoms with Crippen molar-refractivity contribution in [1.29, 1.82) is 0 Å². The molecule has 0 saturated heterocycles. The lowest BCUT2D eigenvalue weighted by atomic mass is 10.0. The average molecular weight is 380 g/mol. The monoisotopic (exact) mass is 379 g/mol. The van der Waals surface area contributed by atoms with Gasteiger partial charge in [0.05, 0.1) is 11.6 Å². The zero-order valence-corrected chi connectivity index (χ0v) is 15.0. The van der Waals surface area contributed by atoms with E-state index < -0.39 is 15.9 Å². The summed E-state index contributed by atoms with van der Waals surface area (Å²) in [4.78, 5) is 16.1. The van der Waals surface area contributed by atoms with Crippen molar-refractivity contribution in [3.8, 4) is 0 Å². The van der Waals surface area contributed by atoms with Crippen LogP contribution >= 0.6 is 11.6 Å². The molecule has 1 amide bonds. The number of halogens is 1. The Morgan fingerprint density at radius 2 is 1.84 bits per heavy atom. The molecule has 8 heteroatoms. The minimum absolute atomic E-state index is 0.0715.